The van der Waals surface area contributed by atoms with Crippen LogP contribution < -0.4 is 10.6 Å². The summed E-state index contributed by atoms with van der Waals surface area (Å²) in [7, 11) is 1.75. The van der Waals surface area contributed by atoms with Crippen molar-refractivity contribution in [3.05, 3.63) is 22.8 Å². The quantitative estimate of drug-likeness (QED) is 0.329. The Kier molecular flexibility index (Phi) is 4.37. The van der Waals surface area contributed by atoms with E-state index in [1.165, 1.54) is 6.20 Å². The van der Waals surface area contributed by atoms with Crippen molar-refractivity contribution < 1.29 is 10.3 Å². The number of aromatic nitrogens is 1. The van der Waals surface area contributed by atoms with Gasteiger partial charge in [-0.05, 0) is 19.9 Å². The van der Waals surface area contributed by atoms with Crippen LogP contribution >= 0.6 is 11.6 Å². The lowest BCUT2D eigenvalue weighted by atomic mass is 10.1. The molecule has 100 valence electrons. The first-order valence-electron chi connectivity index (χ1n) is 5.32. The monoisotopic (exact) mass is 272 g/mol. The van der Waals surface area contributed by atoms with Crippen molar-refractivity contribution in [1.82, 2.24) is 4.98 Å². The van der Waals surface area contributed by atoms with E-state index in [9.17, 15) is 5.11 Å². The highest BCUT2D eigenvalue weighted by molar-refractivity contribution is 6.36. The largest absolute Gasteiger partial charge is 0.409 e. The zero-order valence-corrected chi connectivity index (χ0v) is 11.3. The number of amidine groups is 1. The number of nitrogens with zero attached hydrogens (tertiary/aromatic N) is 3. The van der Waals surface area contributed by atoms with E-state index in [2.05, 4.69) is 10.1 Å². The highest BCUT2D eigenvalue weighted by Crippen LogP contribution is 2.26. The average molecular weight is 273 g/mol. The van der Waals surface area contributed by atoms with Crippen LogP contribution in [0, 0.1) is 0 Å². The highest BCUT2D eigenvalue weighted by atomic mass is 35.5. The number of hydrogen-bond donors (Lipinski definition) is 3. The van der Waals surface area contributed by atoms with Gasteiger partial charge in [0.15, 0.2) is 5.84 Å². The number of pyridine rings is 1. The normalized spacial score (nSPS) is 12.6. The molecule has 1 aromatic rings. The molecule has 1 rings (SSSR count). The van der Waals surface area contributed by atoms with Gasteiger partial charge >= 0.3 is 0 Å². The first-order chi connectivity index (χ1) is 8.26. The molecule has 0 spiro atoms. The minimum Gasteiger partial charge on any atom is -0.409 e. The van der Waals surface area contributed by atoms with Crippen molar-refractivity contribution in [1.29, 1.82) is 0 Å². The molecule has 1 heterocycles. The Morgan fingerprint density at radius 3 is 2.72 bits per heavy atom. The van der Waals surface area contributed by atoms with Crippen LogP contribution in [0.15, 0.2) is 17.4 Å². The summed E-state index contributed by atoms with van der Waals surface area (Å²) in [5.41, 5.74) is 5.02. The van der Waals surface area contributed by atoms with Gasteiger partial charge in [0.05, 0.1) is 10.6 Å². The van der Waals surface area contributed by atoms with Crippen molar-refractivity contribution in [2.75, 3.05) is 18.5 Å². The van der Waals surface area contributed by atoms with E-state index in [0.29, 0.717) is 17.9 Å². The Labute approximate surface area is 111 Å². The third-order valence-corrected chi connectivity index (χ3v) is 2.61. The molecule has 0 saturated carbocycles. The van der Waals surface area contributed by atoms with Gasteiger partial charge in [0, 0.05) is 25.4 Å². The number of hydrogen-bond acceptors (Lipinski definition) is 5. The van der Waals surface area contributed by atoms with Crippen molar-refractivity contribution >= 4 is 23.3 Å². The molecule has 0 bridgehead atoms. The molecule has 0 atom stereocenters. The molecule has 0 amide bonds. The van der Waals surface area contributed by atoms with Gasteiger partial charge in [-0.15, -0.1) is 0 Å². The number of likely N-dealkylation sites (N-methyl/N-ethyl adjacent to an activating group) is 1. The molecule has 1 aromatic heterocycles. The van der Waals surface area contributed by atoms with E-state index in [4.69, 9.17) is 22.5 Å². The maximum Gasteiger partial charge on any atom is 0.171 e. The summed E-state index contributed by atoms with van der Waals surface area (Å²) in [5, 5.41) is 21.6. The second-order valence-corrected chi connectivity index (χ2v) is 5.03. The molecule has 7 heteroatoms. The smallest absolute Gasteiger partial charge is 0.171 e. The molecule has 6 nitrogen and oxygen atoms in total. The Hall–Kier alpha value is -1.53. The van der Waals surface area contributed by atoms with Crippen LogP contribution in [-0.2, 0) is 0 Å². The number of aliphatic hydroxyl groups is 1. The molecule has 0 aromatic carbocycles. The van der Waals surface area contributed by atoms with Gasteiger partial charge in [-0.25, -0.2) is 4.98 Å². The first-order valence-corrected chi connectivity index (χ1v) is 5.70. The van der Waals surface area contributed by atoms with Gasteiger partial charge in [-0.1, -0.05) is 16.8 Å². The van der Waals surface area contributed by atoms with Crippen molar-refractivity contribution in [2.24, 2.45) is 10.9 Å². The predicted molar refractivity (Wildman–Crippen MR) is 71.3 cm³/mol. The minimum absolute atomic E-state index is 0.0830. The molecule has 0 radical (unpaired) electrons. The molecule has 4 N–H and O–H groups in total. The summed E-state index contributed by atoms with van der Waals surface area (Å²) in [6.07, 6.45) is 1.51. The van der Waals surface area contributed by atoms with Crippen LogP contribution in [0.1, 0.15) is 19.4 Å². The van der Waals surface area contributed by atoms with Gasteiger partial charge in [0.25, 0.3) is 0 Å². The van der Waals surface area contributed by atoms with E-state index in [-0.39, 0.29) is 10.9 Å². The zero-order valence-electron chi connectivity index (χ0n) is 10.6. The summed E-state index contributed by atoms with van der Waals surface area (Å²) in [4.78, 5) is 5.84. The van der Waals surface area contributed by atoms with Crippen LogP contribution in [0.25, 0.3) is 0 Å². The standard InChI is InChI=1S/C11H17ClN4O2/c1-11(2,17)6-16(3)10-8(12)7(4-5-14-10)9(13)15-18/h4-5,17-18H,6H2,1-3H3,(H2,13,15). The Morgan fingerprint density at radius 1 is 1.61 bits per heavy atom. The molecule has 18 heavy (non-hydrogen) atoms. The molecule has 0 aliphatic carbocycles. The van der Waals surface area contributed by atoms with E-state index >= 15 is 0 Å². The van der Waals surface area contributed by atoms with Gasteiger partial charge in [-0.3, -0.25) is 0 Å². The van der Waals surface area contributed by atoms with E-state index in [1.807, 2.05) is 0 Å². The molecule has 0 unspecified atom stereocenters. The van der Waals surface area contributed by atoms with Gasteiger partial charge in [-0.2, -0.15) is 0 Å². The van der Waals surface area contributed by atoms with E-state index < -0.39 is 5.60 Å². The van der Waals surface area contributed by atoms with Crippen molar-refractivity contribution in [2.45, 2.75) is 19.4 Å². The molecular weight excluding hydrogens is 256 g/mol. The predicted octanol–water partition coefficient (Wildman–Crippen LogP) is 1.04. The number of halogens is 1. The second kappa shape index (κ2) is 5.41. The van der Waals surface area contributed by atoms with Crippen LogP contribution in [0.4, 0.5) is 5.82 Å². The number of nitrogens with two attached hydrogens (primary N) is 1. The number of oxime groups is 1. The second-order valence-electron chi connectivity index (χ2n) is 4.65. The average Bonchev–Trinajstić information content (AvgIpc) is 2.26. The Balaban J connectivity index is 3.11. The molecule has 0 aliphatic rings. The SMILES string of the molecule is CN(CC(C)(C)O)c1nccc(/C(N)=N/O)c1Cl. The lowest BCUT2D eigenvalue weighted by molar-refractivity contribution is 0.0884. The lowest BCUT2D eigenvalue weighted by Crippen LogP contribution is -2.37. The fourth-order valence-electron chi connectivity index (χ4n) is 1.61. The fourth-order valence-corrected chi connectivity index (χ4v) is 1.96. The van der Waals surface area contributed by atoms with Gasteiger partial charge < -0.3 is 20.9 Å². The summed E-state index contributed by atoms with van der Waals surface area (Å²) in [6.45, 7) is 3.72. The lowest BCUT2D eigenvalue weighted by Gasteiger charge is -2.27. The molecule has 0 fully saturated rings. The van der Waals surface area contributed by atoms with Crippen molar-refractivity contribution in [3.63, 3.8) is 0 Å². The highest BCUT2D eigenvalue weighted by Gasteiger charge is 2.20. The van der Waals surface area contributed by atoms with Crippen LogP contribution in [-0.4, -0.2) is 40.3 Å². The van der Waals surface area contributed by atoms with E-state index in [0.717, 1.165) is 0 Å². The van der Waals surface area contributed by atoms with E-state index in [1.54, 1.807) is 31.9 Å². The van der Waals surface area contributed by atoms with Crippen LogP contribution in [0.5, 0.6) is 0 Å². The zero-order chi connectivity index (χ0) is 13.9. The first kappa shape index (κ1) is 14.5. The van der Waals surface area contributed by atoms with Gasteiger partial charge in [0.2, 0.25) is 0 Å². The topological polar surface area (TPSA) is 95.0 Å². The summed E-state index contributed by atoms with van der Waals surface area (Å²) in [5.74, 6) is 0.378. The van der Waals surface area contributed by atoms with Crippen LogP contribution in [0.2, 0.25) is 5.02 Å². The third-order valence-electron chi connectivity index (χ3n) is 2.24. The molecule has 0 aliphatic heterocycles. The minimum atomic E-state index is -0.883. The third kappa shape index (κ3) is 3.48. The molecule has 0 saturated heterocycles. The number of rotatable bonds is 4. The summed E-state index contributed by atoms with van der Waals surface area (Å²) >= 11 is 6.15. The fraction of sp³-hybridized carbons (Fsp3) is 0.455. The van der Waals surface area contributed by atoms with Crippen molar-refractivity contribution in [3.8, 4) is 0 Å². The maximum atomic E-state index is 9.76. The molecular formula is C11H17ClN4O2. The summed E-state index contributed by atoms with van der Waals surface area (Å²) < 4.78 is 0. The maximum absolute atomic E-state index is 9.76. The Morgan fingerprint density at radius 2 is 2.22 bits per heavy atom. The number of anilines is 1. The summed E-state index contributed by atoms with van der Waals surface area (Å²) in [6, 6.07) is 1.55. The van der Waals surface area contributed by atoms with Gasteiger partial charge in [0.1, 0.15) is 5.82 Å². The Bertz CT molecular complexity index is 457. The van der Waals surface area contributed by atoms with Crippen LogP contribution in [0.3, 0.4) is 0 Å².